The minimum atomic E-state index is -0.445. The number of ether oxygens (including phenoxy) is 1. The van der Waals surface area contributed by atoms with Gasteiger partial charge in [0, 0.05) is 6.04 Å². The van der Waals surface area contributed by atoms with Gasteiger partial charge in [-0.25, -0.2) is 4.79 Å². The maximum Gasteiger partial charge on any atom is 0.338 e. The molecule has 1 saturated carbocycles. The molecule has 0 unspecified atom stereocenters. The number of benzene rings is 1. The molecule has 0 saturated heterocycles. The van der Waals surface area contributed by atoms with Gasteiger partial charge in [-0.3, -0.25) is 4.79 Å². The highest BCUT2D eigenvalue weighted by atomic mass is 16.5. The number of nitrogens with one attached hydrogen (secondary N) is 1. The Morgan fingerprint density at radius 2 is 1.95 bits per heavy atom. The molecule has 0 spiro atoms. The number of esters is 1. The molecule has 0 radical (unpaired) electrons. The predicted octanol–water partition coefficient (Wildman–Crippen LogP) is 2.21. The van der Waals surface area contributed by atoms with E-state index in [2.05, 4.69) is 5.32 Å². The monoisotopic (exact) mass is 261 g/mol. The first-order valence-electron chi connectivity index (χ1n) is 6.69. The summed E-state index contributed by atoms with van der Waals surface area (Å²) in [5, 5.41) is 2.88. The van der Waals surface area contributed by atoms with Gasteiger partial charge in [-0.15, -0.1) is 0 Å². The first-order valence-corrected chi connectivity index (χ1v) is 6.69. The van der Waals surface area contributed by atoms with Gasteiger partial charge in [-0.1, -0.05) is 31.0 Å². The molecule has 0 aromatic heterocycles. The summed E-state index contributed by atoms with van der Waals surface area (Å²) in [5.74, 6) is -0.659. The van der Waals surface area contributed by atoms with E-state index in [1.54, 1.807) is 12.1 Å². The molecule has 0 heterocycles. The second-order valence-corrected chi connectivity index (χ2v) is 4.94. The molecule has 2 rings (SSSR count). The molecule has 1 N–H and O–H groups in total. The van der Waals surface area contributed by atoms with E-state index < -0.39 is 5.97 Å². The molecule has 4 heteroatoms. The fourth-order valence-electron chi connectivity index (χ4n) is 2.35. The number of hydrogen-bond acceptors (Lipinski definition) is 3. The fraction of sp³-hybridized carbons (Fsp3) is 0.467. The van der Waals surface area contributed by atoms with Gasteiger partial charge in [0.1, 0.15) is 0 Å². The third kappa shape index (κ3) is 3.81. The normalized spacial score (nSPS) is 15.2. The van der Waals surface area contributed by atoms with Crippen molar-refractivity contribution in [3.8, 4) is 0 Å². The van der Waals surface area contributed by atoms with Crippen LogP contribution in [0.2, 0.25) is 0 Å². The van der Waals surface area contributed by atoms with Gasteiger partial charge in [0.05, 0.1) is 5.56 Å². The minimum absolute atomic E-state index is 0.205. The molecular formula is C15H19NO3. The van der Waals surface area contributed by atoms with Crippen molar-refractivity contribution in [2.24, 2.45) is 0 Å². The third-order valence-electron chi connectivity index (χ3n) is 3.42. The van der Waals surface area contributed by atoms with E-state index in [4.69, 9.17) is 4.74 Å². The van der Waals surface area contributed by atoms with E-state index in [0.29, 0.717) is 5.56 Å². The first-order chi connectivity index (χ1) is 9.16. The Kier molecular flexibility index (Phi) is 4.55. The van der Waals surface area contributed by atoms with Crippen molar-refractivity contribution in [2.75, 3.05) is 6.61 Å². The number of amides is 1. The highest BCUT2D eigenvalue weighted by molar-refractivity contribution is 5.92. The van der Waals surface area contributed by atoms with Gasteiger partial charge in [0.2, 0.25) is 0 Å². The molecule has 0 bridgehead atoms. The third-order valence-corrected chi connectivity index (χ3v) is 3.42. The van der Waals surface area contributed by atoms with Crippen LogP contribution < -0.4 is 5.32 Å². The summed E-state index contributed by atoms with van der Waals surface area (Å²) in [4.78, 5) is 23.4. The van der Waals surface area contributed by atoms with E-state index >= 15 is 0 Å². The maximum absolute atomic E-state index is 11.8. The van der Waals surface area contributed by atoms with Crippen LogP contribution in [-0.2, 0) is 9.53 Å². The standard InChI is InChI=1S/C15H19NO3/c1-11-6-2-5-9-13(11)15(18)19-10-14(17)16-12-7-3-4-8-12/h2,5-6,9,12H,3-4,7-8,10H2,1H3,(H,16,17). The van der Waals surface area contributed by atoms with Crippen LogP contribution in [0.15, 0.2) is 24.3 Å². The molecule has 1 fully saturated rings. The Morgan fingerprint density at radius 1 is 1.26 bits per heavy atom. The summed E-state index contributed by atoms with van der Waals surface area (Å²) < 4.78 is 5.03. The van der Waals surface area contributed by atoms with E-state index in [9.17, 15) is 9.59 Å². The van der Waals surface area contributed by atoms with Crippen molar-refractivity contribution >= 4 is 11.9 Å². The van der Waals surface area contributed by atoms with Crippen LogP contribution in [0.4, 0.5) is 0 Å². The van der Waals surface area contributed by atoms with Gasteiger partial charge in [0.15, 0.2) is 6.61 Å². The van der Waals surface area contributed by atoms with Crippen LogP contribution in [0.25, 0.3) is 0 Å². The van der Waals surface area contributed by atoms with E-state index in [1.807, 2.05) is 19.1 Å². The molecule has 1 aromatic rings. The zero-order chi connectivity index (χ0) is 13.7. The van der Waals surface area contributed by atoms with Gasteiger partial charge >= 0.3 is 5.97 Å². The fourth-order valence-corrected chi connectivity index (χ4v) is 2.35. The SMILES string of the molecule is Cc1ccccc1C(=O)OCC(=O)NC1CCCC1. The molecule has 4 nitrogen and oxygen atoms in total. The number of aryl methyl sites for hydroxylation is 1. The zero-order valence-electron chi connectivity index (χ0n) is 11.1. The van der Waals surface area contributed by atoms with Crippen molar-refractivity contribution in [3.63, 3.8) is 0 Å². The predicted molar refractivity (Wildman–Crippen MR) is 71.9 cm³/mol. The number of rotatable bonds is 4. The summed E-state index contributed by atoms with van der Waals surface area (Å²) in [7, 11) is 0. The van der Waals surface area contributed by atoms with Crippen molar-refractivity contribution in [1.29, 1.82) is 0 Å². The molecule has 102 valence electrons. The van der Waals surface area contributed by atoms with E-state index in [-0.39, 0.29) is 18.6 Å². The highest BCUT2D eigenvalue weighted by Gasteiger charge is 2.18. The molecule has 19 heavy (non-hydrogen) atoms. The Morgan fingerprint density at radius 3 is 2.63 bits per heavy atom. The zero-order valence-corrected chi connectivity index (χ0v) is 11.1. The Bertz CT molecular complexity index is 464. The summed E-state index contributed by atoms with van der Waals surface area (Å²) in [5.41, 5.74) is 1.36. The summed E-state index contributed by atoms with van der Waals surface area (Å²) in [6, 6.07) is 7.44. The molecule has 1 aliphatic rings. The Labute approximate surface area is 113 Å². The highest BCUT2D eigenvalue weighted by Crippen LogP contribution is 2.17. The number of hydrogen-bond donors (Lipinski definition) is 1. The van der Waals surface area contributed by atoms with Crippen LogP contribution in [-0.4, -0.2) is 24.5 Å². The van der Waals surface area contributed by atoms with Crippen LogP contribution >= 0.6 is 0 Å². The first kappa shape index (κ1) is 13.6. The molecule has 1 amide bonds. The second-order valence-electron chi connectivity index (χ2n) is 4.94. The summed E-state index contributed by atoms with van der Waals surface area (Å²) >= 11 is 0. The Hall–Kier alpha value is -1.84. The second kappa shape index (κ2) is 6.36. The van der Waals surface area contributed by atoms with Gasteiger partial charge in [0.25, 0.3) is 5.91 Å². The average molecular weight is 261 g/mol. The van der Waals surface area contributed by atoms with Crippen molar-refractivity contribution in [3.05, 3.63) is 35.4 Å². The summed E-state index contributed by atoms with van der Waals surface area (Å²) in [6.07, 6.45) is 4.37. The molecule has 1 aliphatic carbocycles. The van der Waals surface area contributed by atoms with Crippen molar-refractivity contribution in [1.82, 2.24) is 5.32 Å². The van der Waals surface area contributed by atoms with Crippen LogP contribution in [0.3, 0.4) is 0 Å². The van der Waals surface area contributed by atoms with Crippen molar-refractivity contribution < 1.29 is 14.3 Å². The summed E-state index contributed by atoms with van der Waals surface area (Å²) in [6.45, 7) is 1.64. The van der Waals surface area contributed by atoms with Gasteiger partial charge in [-0.05, 0) is 31.4 Å². The van der Waals surface area contributed by atoms with Crippen molar-refractivity contribution in [2.45, 2.75) is 38.6 Å². The molecule has 0 atom stereocenters. The van der Waals surface area contributed by atoms with E-state index in [0.717, 1.165) is 31.2 Å². The average Bonchev–Trinajstić information content (AvgIpc) is 2.89. The van der Waals surface area contributed by atoms with Gasteiger partial charge < -0.3 is 10.1 Å². The van der Waals surface area contributed by atoms with E-state index in [1.165, 1.54) is 0 Å². The smallest absolute Gasteiger partial charge is 0.338 e. The molecular weight excluding hydrogens is 242 g/mol. The lowest BCUT2D eigenvalue weighted by molar-refractivity contribution is -0.124. The number of carbonyl (C=O) groups excluding carboxylic acids is 2. The Balaban J connectivity index is 1.80. The van der Waals surface area contributed by atoms with Crippen LogP contribution in [0.5, 0.6) is 0 Å². The lowest BCUT2D eigenvalue weighted by atomic mass is 10.1. The molecule has 1 aromatic carbocycles. The van der Waals surface area contributed by atoms with Gasteiger partial charge in [-0.2, -0.15) is 0 Å². The lowest BCUT2D eigenvalue weighted by Crippen LogP contribution is -2.35. The van der Waals surface area contributed by atoms with Crippen LogP contribution in [0, 0.1) is 6.92 Å². The quantitative estimate of drug-likeness (QED) is 0.845. The molecule has 0 aliphatic heterocycles. The minimum Gasteiger partial charge on any atom is -0.452 e. The number of carbonyl (C=O) groups is 2. The topological polar surface area (TPSA) is 55.4 Å². The lowest BCUT2D eigenvalue weighted by Gasteiger charge is -2.12. The van der Waals surface area contributed by atoms with Crippen LogP contribution in [0.1, 0.15) is 41.6 Å². The maximum atomic E-state index is 11.8. The largest absolute Gasteiger partial charge is 0.452 e.